The zero-order valence-corrected chi connectivity index (χ0v) is 32.5. The molecule has 9 rings (SSSR count). The molecule has 0 spiro atoms. The van der Waals surface area contributed by atoms with Gasteiger partial charge in [-0.1, -0.05) is 0 Å². The van der Waals surface area contributed by atoms with Crippen LogP contribution in [0.2, 0.25) is 0 Å². The lowest BCUT2D eigenvalue weighted by Gasteiger charge is -2.37. The van der Waals surface area contributed by atoms with Crippen molar-refractivity contribution in [1.82, 2.24) is 35.4 Å². The molecule has 16 nitrogen and oxygen atoms in total. The summed E-state index contributed by atoms with van der Waals surface area (Å²) < 4.78 is 6.35. The number of hydrogen-bond donors (Lipinski definition) is 2. The molecule has 3 saturated heterocycles. The number of rotatable bonds is 9. The number of aromatic nitrogens is 3. The molecule has 1 unspecified atom stereocenters. The third-order valence-corrected chi connectivity index (χ3v) is 12.3. The maximum atomic E-state index is 13.3. The lowest BCUT2D eigenvalue weighted by atomic mass is 9.92. The molecule has 1 aliphatic carbocycles. The third kappa shape index (κ3) is 7.65. The van der Waals surface area contributed by atoms with Crippen LogP contribution in [0, 0.1) is 17.2 Å². The first-order chi connectivity index (χ1) is 28.7. The number of carbonyl (C=O) groups is 5. The van der Waals surface area contributed by atoms with Gasteiger partial charge in [0.05, 0.1) is 33.9 Å². The number of nitrogens with zero attached hydrogens (tertiary/aromatic N) is 8. The zero-order chi connectivity index (χ0) is 40.6. The van der Waals surface area contributed by atoms with E-state index in [1.807, 2.05) is 24.3 Å². The molecule has 59 heavy (non-hydrogen) atoms. The van der Waals surface area contributed by atoms with Crippen molar-refractivity contribution in [2.75, 3.05) is 55.6 Å². The van der Waals surface area contributed by atoms with Crippen LogP contribution in [0.5, 0.6) is 5.75 Å². The predicted molar refractivity (Wildman–Crippen MR) is 215 cm³/mol. The number of anilines is 2. The number of fused-ring (bicyclic) bond motifs is 2. The number of piperidine rings is 1. The van der Waals surface area contributed by atoms with E-state index >= 15 is 0 Å². The number of benzene rings is 2. The molecule has 302 valence electrons. The highest BCUT2D eigenvalue weighted by molar-refractivity contribution is 6.23. The predicted octanol–water partition coefficient (Wildman–Crippen LogP) is 3.07. The van der Waals surface area contributed by atoms with Crippen LogP contribution in [0.4, 0.5) is 11.6 Å². The molecule has 4 aliphatic heterocycles. The summed E-state index contributed by atoms with van der Waals surface area (Å²) in [7, 11) is 0. The Labute approximate surface area is 340 Å². The van der Waals surface area contributed by atoms with Crippen molar-refractivity contribution in [3.05, 3.63) is 83.3 Å². The number of pyridine rings is 1. The highest BCUT2D eigenvalue weighted by atomic mass is 16.5. The fourth-order valence-electron chi connectivity index (χ4n) is 9.09. The fourth-order valence-corrected chi connectivity index (χ4v) is 9.09. The van der Waals surface area contributed by atoms with E-state index < -0.39 is 29.7 Å². The van der Waals surface area contributed by atoms with Crippen molar-refractivity contribution in [3.63, 3.8) is 0 Å². The number of imide groups is 2. The molecular formula is C43H44N10O6. The Bertz CT molecular complexity index is 2370. The molecule has 0 bridgehead atoms. The van der Waals surface area contributed by atoms with E-state index in [4.69, 9.17) is 4.74 Å². The van der Waals surface area contributed by atoms with Crippen molar-refractivity contribution in [1.29, 1.82) is 5.26 Å². The minimum absolute atomic E-state index is 0.0107. The fraction of sp³-hybridized carbons (Fsp3) is 0.419. The molecule has 2 N–H and O–H groups in total. The number of carbonyl (C=O) groups excluding carboxylic acids is 5. The number of hydrogen-bond acceptors (Lipinski definition) is 13. The molecule has 2 aromatic heterocycles. The summed E-state index contributed by atoms with van der Waals surface area (Å²) in [6.45, 7) is 5.85. The molecule has 5 amide bonds. The first-order valence-corrected chi connectivity index (χ1v) is 20.4. The Hall–Kier alpha value is -6.47. The van der Waals surface area contributed by atoms with E-state index in [1.165, 1.54) is 0 Å². The Morgan fingerprint density at radius 2 is 1.64 bits per heavy atom. The number of amides is 5. The third-order valence-electron chi connectivity index (χ3n) is 12.3. The van der Waals surface area contributed by atoms with Gasteiger partial charge in [-0.05, 0) is 86.9 Å². The van der Waals surface area contributed by atoms with E-state index in [2.05, 4.69) is 46.4 Å². The molecule has 4 fully saturated rings. The lowest BCUT2D eigenvalue weighted by molar-refractivity contribution is -0.136. The normalized spacial score (nSPS) is 23.6. The highest BCUT2D eigenvalue weighted by Gasteiger charge is 2.45. The van der Waals surface area contributed by atoms with Crippen LogP contribution in [0.25, 0.3) is 10.9 Å². The first-order valence-electron chi connectivity index (χ1n) is 20.4. The van der Waals surface area contributed by atoms with Gasteiger partial charge in [0, 0.05) is 87.9 Å². The van der Waals surface area contributed by atoms with Crippen LogP contribution < -0.4 is 25.2 Å². The zero-order valence-electron chi connectivity index (χ0n) is 32.5. The molecule has 1 saturated carbocycles. The molecule has 5 aliphatic rings. The second kappa shape index (κ2) is 16.1. The molecule has 16 heteroatoms. The maximum absolute atomic E-state index is 13.3. The van der Waals surface area contributed by atoms with Gasteiger partial charge in [0.1, 0.15) is 17.9 Å². The van der Waals surface area contributed by atoms with Gasteiger partial charge in [0.25, 0.3) is 17.7 Å². The summed E-state index contributed by atoms with van der Waals surface area (Å²) in [5.41, 5.74) is 3.02. The summed E-state index contributed by atoms with van der Waals surface area (Å²) in [6, 6.07) is 13.9. The standard InChI is InChI=1S/C43H44N10O6/c44-21-27-3-11-36(33-2-1-14-45-38(27)33)59-31-7-4-29(5-8-31)48-39(55)28-22-46-43(47-23-28)52-15-13-26(25-52)24-50-16-18-51(19-17-50)30-6-9-32-34(20-30)42(58)53(41(32)57)35-10-12-37(54)49-40(35)56/h1-3,6,9,11,14,20,22-23,26,29,31,35H,4-5,7-8,10,12-13,15-19,24-25H2,(H,48,55)(H,49,54,56)/t26-,29-,31-,35?/m0/s1. The van der Waals surface area contributed by atoms with E-state index in [-0.39, 0.29) is 36.5 Å². The number of nitrogens with one attached hydrogen (secondary N) is 2. The number of piperazine rings is 1. The first kappa shape index (κ1) is 38.1. The second-order valence-corrected chi connectivity index (χ2v) is 16.0. The summed E-state index contributed by atoms with van der Waals surface area (Å²) in [4.78, 5) is 85.0. The minimum atomic E-state index is -0.983. The van der Waals surface area contributed by atoms with Crippen molar-refractivity contribution in [2.24, 2.45) is 5.92 Å². The average Bonchev–Trinajstić information content (AvgIpc) is 3.83. The van der Waals surface area contributed by atoms with Gasteiger partial charge in [-0.25, -0.2) is 9.97 Å². The molecule has 2 aromatic carbocycles. The summed E-state index contributed by atoms with van der Waals surface area (Å²) in [5, 5.41) is 15.7. The molecular weight excluding hydrogens is 753 g/mol. The van der Waals surface area contributed by atoms with Crippen molar-refractivity contribution in [2.45, 2.75) is 63.1 Å². The lowest BCUT2D eigenvalue weighted by Crippen LogP contribution is -2.54. The van der Waals surface area contributed by atoms with Gasteiger partial charge in [0.15, 0.2) is 0 Å². The van der Waals surface area contributed by atoms with E-state index in [0.29, 0.717) is 34.1 Å². The summed E-state index contributed by atoms with van der Waals surface area (Å²) in [6.07, 6.45) is 9.29. The quantitative estimate of drug-likeness (QED) is 0.235. The largest absolute Gasteiger partial charge is 0.490 e. The highest BCUT2D eigenvalue weighted by Crippen LogP contribution is 2.33. The van der Waals surface area contributed by atoms with Gasteiger partial charge in [-0.3, -0.25) is 44.1 Å². The van der Waals surface area contributed by atoms with E-state index in [1.54, 1.807) is 36.8 Å². The van der Waals surface area contributed by atoms with Gasteiger partial charge >= 0.3 is 0 Å². The topological polar surface area (TPSA) is 194 Å². The maximum Gasteiger partial charge on any atom is 0.262 e. The Morgan fingerprint density at radius 3 is 2.41 bits per heavy atom. The summed E-state index contributed by atoms with van der Waals surface area (Å²) >= 11 is 0. The Kier molecular flexibility index (Phi) is 10.4. The van der Waals surface area contributed by atoms with Crippen LogP contribution in [0.15, 0.2) is 61.1 Å². The number of ether oxygens (including phenoxy) is 1. The van der Waals surface area contributed by atoms with Gasteiger partial charge in [0.2, 0.25) is 17.8 Å². The van der Waals surface area contributed by atoms with Gasteiger partial charge < -0.3 is 19.9 Å². The monoisotopic (exact) mass is 796 g/mol. The van der Waals surface area contributed by atoms with Crippen LogP contribution in [0.1, 0.15) is 81.6 Å². The van der Waals surface area contributed by atoms with Crippen LogP contribution >= 0.6 is 0 Å². The second-order valence-electron chi connectivity index (χ2n) is 16.0. The minimum Gasteiger partial charge on any atom is -0.490 e. The van der Waals surface area contributed by atoms with Gasteiger partial charge in [-0.2, -0.15) is 5.26 Å². The molecule has 6 heterocycles. The number of nitriles is 1. The van der Waals surface area contributed by atoms with E-state index in [0.717, 1.165) is 99.6 Å². The molecule has 4 aromatic rings. The summed E-state index contributed by atoms with van der Waals surface area (Å²) in [5.74, 6) is -0.407. The van der Waals surface area contributed by atoms with Gasteiger partial charge in [-0.15, -0.1) is 0 Å². The average molecular weight is 797 g/mol. The Balaban J connectivity index is 0.716. The molecule has 0 radical (unpaired) electrons. The van der Waals surface area contributed by atoms with Crippen molar-refractivity contribution in [3.8, 4) is 11.8 Å². The molecule has 2 atom stereocenters. The Morgan fingerprint density at radius 1 is 0.864 bits per heavy atom. The van der Waals surface area contributed by atoms with Crippen molar-refractivity contribution < 1.29 is 28.7 Å². The van der Waals surface area contributed by atoms with Crippen molar-refractivity contribution >= 4 is 52.1 Å². The van der Waals surface area contributed by atoms with Crippen LogP contribution in [-0.2, 0) is 9.59 Å². The van der Waals surface area contributed by atoms with E-state index in [9.17, 15) is 29.2 Å². The smallest absolute Gasteiger partial charge is 0.262 e. The van der Waals surface area contributed by atoms with Crippen LogP contribution in [-0.4, -0.2) is 118 Å². The SMILES string of the molecule is N#Cc1ccc(O[C@H]2CC[C@H](NC(=O)c3cnc(N4CC[C@@H](CN5CCN(c6ccc7c(c6)C(=O)N(C6CCC(=O)NC6=O)C7=O)CC5)C4)nc3)CC2)c2cccnc12. The van der Waals surface area contributed by atoms with Crippen LogP contribution in [0.3, 0.4) is 0 Å².